The minimum absolute atomic E-state index is 0.213. The average Bonchev–Trinajstić information content (AvgIpc) is 2.03. The lowest BCUT2D eigenvalue weighted by atomic mass is 10.2. The van der Waals surface area contributed by atoms with E-state index in [2.05, 4.69) is 15.9 Å². The molecular formula is C8H8BrO2. The maximum absolute atomic E-state index is 10.5. The molecule has 0 bridgehead atoms. The summed E-state index contributed by atoms with van der Waals surface area (Å²) in [6, 6.07) is 5.34. The van der Waals surface area contributed by atoms with Gasteiger partial charge in [0.1, 0.15) is 12.4 Å². The SMILES string of the molecule is COc1cc(Br)cc(C[O])c1. The highest BCUT2D eigenvalue weighted by Gasteiger charge is 1.97. The zero-order valence-corrected chi connectivity index (χ0v) is 7.72. The second kappa shape index (κ2) is 3.74. The zero-order valence-electron chi connectivity index (χ0n) is 6.13. The van der Waals surface area contributed by atoms with Gasteiger partial charge in [0.15, 0.2) is 0 Å². The molecule has 0 aliphatic rings. The summed E-state index contributed by atoms with van der Waals surface area (Å²) in [6.07, 6.45) is 0. The molecule has 0 saturated carbocycles. The fraction of sp³-hybridized carbons (Fsp3) is 0.250. The van der Waals surface area contributed by atoms with Crippen molar-refractivity contribution in [2.24, 2.45) is 0 Å². The van der Waals surface area contributed by atoms with E-state index in [1.807, 2.05) is 6.07 Å². The van der Waals surface area contributed by atoms with Crippen molar-refractivity contribution in [1.29, 1.82) is 0 Å². The Morgan fingerprint density at radius 1 is 1.45 bits per heavy atom. The number of hydrogen-bond donors (Lipinski definition) is 0. The molecule has 11 heavy (non-hydrogen) atoms. The Bertz CT molecular complexity index is 226. The molecular weight excluding hydrogens is 208 g/mol. The third kappa shape index (κ3) is 2.20. The molecule has 0 unspecified atom stereocenters. The van der Waals surface area contributed by atoms with Gasteiger partial charge in [-0.25, -0.2) is 5.11 Å². The molecule has 3 heteroatoms. The molecule has 0 saturated heterocycles. The monoisotopic (exact) mass is 215 g/mol. The molecule has 0 atom stereocenters. The second-order valence-electron chi connectivity index (χ2n) is 2.14. The Labute approximate surface area is 73.9 Å². The fourth-order valence-corrected chi connectivity index (χ4v) is 1.34. The van der Waals surface area contributed by atoms with Gasteiger partial charge in [0.05, 0.1) is 7.11 Å². The summed E-state index contributed by atoms with van der Waals surface area (Å²) in [6.45, 7) is -0.213. The van der Waals surface area contributed by atoms with Crippen LogP contribution in [0.25, 0.3) is 0 Å². The van der Waals surface area contributed by atoms with E-state index in [1.54, 1.807) is 19.2 Å². The van der Waals surface area contributed by atoms with Gasteiger partial charge >= 0.3 is 0 Å². The number of rotatable bonds is 2. The first-order chi connectivity index (χ1) is 5.26. The minimum Gasteiger partial charge on any atom is -0.497 e. The standard InChI is InChI=1S/C8H8BrO2/c1-11-8-3-6(5-10)2-7(9)4-8/h2-4H,5H2,1H3. The van der Waals surface area contributed by atoms with E-state index in [1.165, 1.54) is 0 Å². The molecule has 0 spiro atoms. The van der Waals surface area contributed by atoms with Crippen LogP contribution in [0.4, 0.5) is 0 Å². The van der Waals surface area contributed by atoms with E-state index in [0.29, 0.717) is 5.75 Å². The Balaban J connectivity index is 3.02. The van der Waals surface area contributed by atoms with Crippen molar-refractivity contribution in [1.82, 2.24) is 0 Å². The van der Waals surface area contributed by atoms with Crippen molar-refractivity contribution in [3.05, 3.63) is 28.2 Å². The third-order valence-electron chi connectivity index (χ3n) is 1.33. The van der Waals surface area contributed by atoms with Gasteiger partial charge in [-0.3, -0.25) is 0 Å². The van der Waals surface area contributed by atoms with E-state index < -0.39 is 0 Å². The predicted octanol–water partition coefficient (Wildman–Crippen LogP) is 2.39. The second-order valence-corrected chi connectivity index (χ2v) is 3.06. The van der Waals surface area contributed by atoms with Crippen molar-refractivity contribution >= 4 is 15.9 Å². The smallest absolute Gasteiger partial charge is 0.120 e. The first-order valence-corrected chi connectivity index (χ1v) is 3.97. The summed E-state index contributed by atoms with van der Waals surface area (Å²) in [5.74, 6) is 0.713. The van der Waals surface area contributed by atoms with E-state index in [4.69, 9.17) is 4.74 Å². The van der Waals surface area contributed by atoms with Crippen LogP contribution < -0.4 is 4.74 Å². The van der Waals surface area contributed by atoms with Crippen molar-refractivity contribution < 1.29 is 9.84 Å². The molecule has 0 heterocycles. The molecule has 0 aromatic heterocycles. The van der Waals surface area contributed by atoms with Crippen LogP contribution in [0.5, 0.6) is 5.75 Å². The Morgan fingerprint density at radius 3 is 2.73 bits per heavy atom. The van der Waals surface area contributed by atoms with Crippen LogP contribution in [0.2, 0.25) is 0 Å². The van der Waals surface area contributed by atoms with Gasteiger partial charge in [0.2, 0.25) is 0 Å². The van der Waals surface area contributed by atoms with Gasteiger partial charge in [-0.15, -0.1) is 0 Å². The molecule has 0 aliphatic carbocycles. The Morgan fingerprint density at radius 2 is 2.18 bits per heavy atom. The van der Waals surface area contributed by atoms with Gasteiger partial charge < -0.3 is 4.74 Å². The molecule has 0 N–H and O–H groups in total. The van der Waals surface area contributed by atoms with E-state index in [-0.39, 0.29) is 6.61 Å². The van der Waals surface area contributed by atoms with Gasteiger partial charge in [-0.1, -0.05) is 15.9 Å². The lowest BCUT2D eigenvalue weighted by Crippen LogP contribution is -1.86. The highest BCUT2D eigenvalue weighted by atomic mass is 79.9. The molecule has 1 aromatic rings. The molecule has 1 aromatic carbocycles. The number of benzene rings is 1. The van der Waals surface area contributed by atoms with E-state index >= 15 is 0 Å². The predicted molar refractivity (Wildman–Crippen MR) is 45.1 cm³/mol. The molecule has 0 fully saturated rings. The highest BCUT2D eigenvalue weighted by molar-refractivity contribution is 9.10. The van der Waals surface area contributed by atoms with Crippen molar-refractivity contribution in [3.63, 3.8) is 0 Å². The van der Waals surface area contributed by atoms with Crippen molar-refractivity contribution in [2.45, 2.75) is 6.61 Å². The fourth-order valence-electron chi connectivity index (χ4n) is 0.822. The van der Waals surface area contributed by atoms with Gasteiger partial charge in [-0.05, 0) is 23.8 Å². The minimum atomic E-state index is -0.213. The molecule has 0 aliphatic heterocycles. The Hall–Kier alpha value is -0.540. The van der Waals surface area contributed by atoms with Gasteiger partial charge in [0, 0.05) is 4.47 Å². The summed E-state index contributed by atoms with van der Waals surface area (Å²) in [4.78, 5) is 0. The van der Waals surface area contributed by atoms with Crippen LogP contribution >= 0.6 is 15.9 Å². The van der Waals surface area contributed by atoms with Crippen LogP contribution in [0.1, 0.15) is 5.56 Å². The molecule has 59 valence electrons. The number of hydrogen-bond acceptors (Lipinski definition) is 1. The topological polar surface area (TPSA) is 29.1 Å². The van der Waals surface area contributed by atoms with Crippen LogP contribution in [0.3, 0.4) is 0 Å². The maximum Gasteiger partial charge on any atom is 0.120 e. The van der Waals surface area contributed by atoms with Crippen LogP contribution in [-0.2, 0) is 11.7 Å². The molecule has 1 rings (SSSR count). The van der Waals surface area contributed by atoms with Crippen LogP contribution in [0, 0.1) is 0 Å². The van der Waals surface area contributed by atoms with E-state index in [0.717, 1.165) is 10.0 Å². The maximum atomic E-state index is 10.5. The molecule has 1 radical (unpaired) electrons. The van der Waals surface area contributed by atoms with Crippen LogP contribution in [0.15, 0.2) is 22.7 Å². The third-order valence-corrected chi connectivity index (χ3v) is 1.79. The van der Waals surface area contributed by atoms with Crippen molar-refractivity contribution in [2.75, 3.05) is 7.11 Å². The molecule has 0 amide bonds. The Kier molecular flexibility index (Phi) is 2.91. The first kappa shape index (κ1) is 8.56. The lowest BCUT2D eigenvalue weighted by Gasteiger charge is -2.01. The average molecular weight is 216 g/mol. The summed E-state index contributed by atoms with van der Waals surface area (Å²) < 4.78 is 5.85. The number of ether oxygens (including phenoxy) is 1. The van der Waals surface area contributed by atoms with Crippen molar-refractivity contribution in [3.8, 4) is 5.75 Å². The van der Waals surface area contributed by atoms with Crippen LogP contribution in [-0.4, -0.2) is 7.11 Å². The number of methoxy groups -OCH3 is 1. The lowest BCUT2D eigenvalue weighted by molar-refractivity contribution is 0.177. The summed E-state index contributed by atoms with van der Waals surface area (Å²) >= 11 is 3.28. The van der Waals surface area contributed by atoms with Gasteiger partial charge in [-0.2, -0.15) is 0 Å². The summed E-state index contributed by atoms with van der Waals surface area (Å²) in [5, 5.41) is 10.5. The quantitative estimate of drug-likeness (QED) is 0.746. The largest absolute Gasteiger partial charge is 0.497 e. The highest BCUT2D eigenvalue weighted by Crippen LogP contribution is 2.20. The normalized spacial score (nSPS) is 9.73. The first-order valence-electron chi connectivity index (χ1n) is 3.18. The van der Waals surface area contributed by atoms with Gasteiger partial charge in [0.25, 0.3) is 0 Å². The number of halogens is 1. The zero-order chi connectivity index (χ0) is 8.27. The summed E-state index contributed by atoms with van der Waals surface area (Å²) in [7, 11) is 1.58. The van der Waals surface area contributed by atoms with E-state index in [9.17, 15) is 5.11 Å². The summed E-state index contributed by atoms with van der Waals surface area (Å²) in [5.41, 5.74) is 0.733. The molecule has 2 nitrogen and oxygen atoms in total.